The van der Waals surface area contributed by atoms with Crippen LogP contribution in [0.3, 0.4) is 0 Å². The average molecular weight is 395 g/mol. The van der Waals surface area contributed by atoms with Crippen molar-refractivity contribution in [2.24, 2.45) is 0 Å². The van der Waals surface area contributed by atoms with Crippen molar-refractivity contribution in [2.75, 3.05) is 19.0 Å². The van der Waals surface area contributed by atoms with Crippen molar-refractivity contribution in [3.05, 3.63) is 29.8 Å². The minimum absolute atomic E-state index is 0.0115. The summed E-state index contributed by atoms with van der Waals surface area (Å²) in [7, 11) is 0. The van der Waals surface area contributed by atoms with Gasteiger partial charge in [-0.05, 0) is 50.3 Å². The van der Waals surface area contributed by atoms with Crippen molar-refractivity contribution in [3.63, 3.8) is 0 Å². The molecule has 6 heteroatoms. The molecule has 27 heavy (non-hydrogen) atoms. The SMILES string of the molecule is CCC(=O)CC(=O)OCCCSc1ccc(C(C)OC2CCCCO2)cc1. The highest BCUT2D eigenvalue weighted by Gasteiger charge is 2.18. The Morgan fingerprint density at radius 1 is 1.26 bits per heavy atom. The standard InChI is InChI=1S/C21H30O5S/c1-3-18(22)15-20(23)24-13-6-14-27-19-10-8-17(9-11-19)16(2)26-21-7-4-5-12-25-21/h8-11,16,21H,3-7,12-15H2,1-2H3. The third-order valence-corrected chi connectivity index (χ3v) is 5.50. The van der Waals surface area contributed by atoms with Crippen LogP contribution in [0.25, 0.3) is 0 Å². The lowest BCUT2D eigenvalue weighted by Crippen LogP contribution is -2.23. The van der Waals surface area contributed by atoms with E-state index < -0.39 is 5.97 Å². The zero-order valence-corrected chi connectivity index (χ0v) is 17.1. The van der Waals surface area contributed by atoms with Gasteiger partial charge < -0.3 is 14.2 Å². The Morgan fingerprint density at radius 2 is 2.04 bits per heavy atom. The van der Waals surface area contributed by atoms with Crippen LogP contribution >= 0.6 is 11.8 Å². The number of ketones is 1. The normalized spacial score (nSPS) is 18.1. The van der Waals surface area contributed by atoms with Crippen LogP contribution in [0, 0.1) is 0 Å². The lowest BCUT2D eigenvalue weighted by atomic mass is 10.1. The Bertz CT molecular complexity index is 581. The number of carbonyl (C=O) groups is 2. The molecule has 2 unspecified atom stereocenters. The van der Waals surface area contributed by atoms with Crippen LogP contribution in [0.2, 0.25) is 0 Å². The van der Waals surface area contributed by atoms with E-state index in [9.17, 15) is 9.59 Å². The van der Waals surface area contributed by atoms with Gasteiger partial charge in [-0.1, -0.05) is 19.1 Å². The lowest BCUT2D eigenvalue weighted by Gasteiger charge is -2.26. The van der Waals surface area contributed by atoms with E-state index in [0.29, 0.717) is 13.0 Å². The predicted octanol–water partition coefficient (Wildman–Crippen LogP) is 4.69. The van der Waals surface area contributed by atoms with Gasteiger partial charge in [0.05, 0.1) is 12.7 Å². The summed E-state index contributed by atoms with van der Waals surface area (Å²) in [5.74, 6) is 0.353. The maximum absolute atomic E-state index is 11.4. The molecule has 1 aromatic carbocycles. The van der Waals surface area contributed by atoms with E-state index in [2.05, 4.69) is 31.2 Å². The summed E-state index contributed by atoms with van der Waals surface area (Å²) in [6.07, 6.45) is 4.20. The van der Waals surface area contributed by atoms with Crippen LogP contribution in [0.1, 0.15) is 64.0 Å². The number of hydrogen-bond acceptors (Lipinski definition) is 6. The van der Waals surface area contributed by atoms with Crippen LogP contribution < -0.4 is 0 Å². The molecule has 1 aromatic rings. The summed E-state index contributed by atoms with van der Waals surface area (Å²) in [5, 5.41) is 0. The Kier molecular flexibility index (Phi) is 9.87. The molecular weight excluding hydrogens is 364 g/mol. The Balaban J connectivity index is 1.63. The Labute approximate surface area is 166 Å². The van der Waals surface area contributed by atoms with Gasteiger partial charge in [0.2, 0.25) is 0 Å². The molecule has 2 rings (SSSR count). The fraction of sp³-hybridized carbons (Fsp3) is 0.619. The molecular formula is C21H30O5S. The molecule has 0 saturated carbocycles. The average Bonchev–Trinajstić information content (AvgIpc) is 2.68. The van der Waals surface area contributed by atoms with Crippen molar-refractivity contribution in [1.82, 2.24) is 0 Å². The number of carbonyl (C=O) groups excluding carboxylic acids is 2. The first-order valence-corrected chi connectivity index (χ1v) is 10.7. The predicted molar refractivity (Wildman–Crippen MR) is 106 cm³/mol. The number of benzene rings is 1. The van der Waals surface area contributed by atoms with Gasteiger partial charge in [0, 0.05) is 23.7 Å². The van der Waals surface area contributed by atoms with Gasteiger partial charge in [0.15, 0.2) is 6.29 Å². The van der Waals surface area contributed by atoms with Gasteiger partial charge in [0.1, 0.15) is 12.2 Å². The van der Waals surface area contributed by atoms with E-state index in [4.69, 9.17) is 14.2 Å². The second-order valence-corrected chi connectivity index (χ2v) is 7.80. The molecule has 1 saturated heterocycles. The van der Waals surface area contributed by atoms with Crippen molar-refractivity contribution >= 4 is 23.5 Å². The summed E-state index contributed by atoms with van der Waals surface area (Å²) >= 11 is 1.72. The van der Waals surface area contributed by atoms with Gasteiger partial charge in [-0.2, -0.15) is 0 Å². The zero-order valence-electron chi connectivity index (χ0n) is 16.3. The van der Waals surface area contributed by atoms with Crippen LogP contribution in [-0.4, -0.2) is 37.0 Å². The summed E-state index contributed by atoms with van der Waals surface area (Å²) < 4.78 is 16.7. The van der Waals surface area contributed by atoms with Gasteiger partial charge in [-0.15, -0.1) is 11.8 Å². The van der Waals surface area contributed by atoms with E-state index in [-0.39, 0.29) is 24.6 Å². The van der Waals surface area contributed by atoms with Crippen molar-refractivity contribution in [2.45, 2.75) is 69.7 Å². The van der Waals surface area contributed by atoms with E-state index in [1.807, 2.05) is 0 Å². The molecule has 0 spiro atoms. The Hall–Kier alpha value is -1.37. The van der Waals surface area contributed by atoms with Crippen LogP contribution in [0.5, 0.6) is 0 Å². The molecule has 1 heterocycles. The fourth-order valence-electron chi connectivity index (χ4n) is 2.73. The van der Waals surface area contributed by atoms with Gasteiger partial charge in [-0.3, -0.25) is 9.59 Å². The molecule has 0 radical (unpaired) electrons. The maximum atomic E-state index is 11.4. The fourth-order valence-corrected chi connectivity index (χ4v) is 3.56. The lowest BCUT2D eigenvalue weighted by molar-refractivity contribution is -0.186. The van der Waals surface area contributed by atoms with E-state index in [1.165, 1.54) is 4.90 Å². The first kappa shape index (κ1) is 21.9. The third-order valence-electron chi connectivity index (χ3n) is 4.40. The summed E-state index contributed by atoms with van der Waals surface area (Å²) in [4.78, 5) is 23.8. The summed E-state index contributed by atoms with van der Waals surface area (Å²) in [6, 6.07) is 8.36. The van der Waals surface area contributed by atoms with Crippen LogP contribution in [-0.2, 0) is 23.8 Å². The number of hydrogen-bond donors (Lipinski definition) is 0. The van der Waals surface area contributed by atoms with Gasteiger partial charge in [-0.25, -0.2) is 0 Å². The molecule has 1 aliphatic rings. The number of thioether (sulfide) groups is 1. The molecule has 5 nitrogen and oxygen atoms in total. The van der Waals surface area contributed by atoms with Gasteiger partial charge in [0.25, 0.3) is 0 Å². The highest BCUT2D eigenvalue weighted by molar-refractivity contribution is 7.99. The molecule has 0 N–H and O–H groups in total. The highest BCUT2D eigenvalue weighted by atomic mass is 32.2. The minimum Gasteiger partial charge on any atom is -0.465 e. The molecule has 0 amide bonds. The van der Waals surface area contributed by atoms with Crippen LogP contribution in [0.15, 0.2) is 29.2 Å². The van der Waals surface area contributed by atoms with E-state index >= 15 is 0 Å². The third kappa shape index (κ3) is 8.45. The zero-order chi connectivity index (χ0) is 19.5. The van der Waals surface area contributed by atoms with Crippen molar-refractivity contribution in [1.29, 1.82) is 0 Å². The molecule has 1 aliphatic heterocycles. The Morgan fingerprint density at radius 3 is 2.70 bits per heavy atom. The summed E-state index contributed by atoms with van der Waals surface area (Å²) in [6.45, 7) is 4.94. The van der Waals surface area contributed by atoms with Gasteiger partial charge >= 0.3 is 5.97 Å². The molecule has 0 aliphatic carbocycles. The number of ether oxygens (including phenoxy) is 3. The van der Waals surface area contributed by atoms with Crippen LogP contribution in [0.4, 0.5) is 0 Å². The minimum atomic E-state index is -0.424. The quantitative estimate of drug-likeness (QED) is 0.235. The molecule has 0 bridgehead atoms. The summed E-state index contributed by atoms with van der Waals surface area (Å²) in [5.41, 5.74) is 1.14. The number of esters is 1. The van der Waals surface area contributed by atoms with Crippen molar-refractivity contribution < 1.29 is 23.8 Å². The van der Waals surface area contributed by atoms with E-state index in [0.717, 1.165) is 43.6 Å². The first-order valence-electron chi connectivity index (χ1n) is 9.75. The molecule has 2 atom stereocenters. The van der Waals surface area contributed by atoms with E-state index in [1.54, 1.807) is 18.7 Å². The number of rotatable bonds is 11. The molecule has 150 valence electrons. The second kappa shape index (κ2) is 12.2. The monoisotopic (exact) mass is 394 g/mol. The molecule has 1 fully saturated rings. The largest absolute Gasteiger partial charge is 0.465 e. The van der Waals surface area contributed by atoms with Crippen molar-refractivity contribution in [3.8, 4) is 0 Å². The highest BCUT2D eigenvalue weighted by Crippen LogP contribution is 2.26. The molecule has 0 aromatic heterocycles. The smallest absolute Gasteiger partial charge is 0.313 e. The first-order chi connectivity index (χ1) is 13.1. The maximum Gasteiger partial charge on any atom is 0.313 e. The topological polar surface area (TPSA) is 61.8 Å². The second-order valence-electron chi connectivity index (χ2n) is 6.63. The number of Topliss-reactive ketones (excluding diaryl/α,β-unsaturated/α-hetero) is 1.